The van der Waals surface area contributed by atoms with Crippen molar-refractivity contribution in [3.63, 3.8) is 0 Å². The van der Waals surface area contributed by atoms with Crippen LogP contribution in [0, 0.1) is 0 Å². The van der Waals surface area contributed by atoms with Gasteiger partial charge in [0.1, 0.15) is 0 Å². The van der Waals surface area contributed by atoms with Gasteiger partial charge in [-0.05, 0) is 44.2 Å². The summed E-state index contributed by atoms with van der Waals surface area (Å²) in [6.07, 6.45) is 9.56. The second-order valence-corrected chi connectivity index (χ2v) is 7.29. The van der Waals surface area contributed by atoms with Crippen molar-refractivity contribution in [2.24, 2.45) is 5.73 Å². The first kappa shape index (κ1) is 18.4. The SMILES string of the molecule is NC(=O)OCCCCCCn1cc(-c2nc3ccccc3nc2C2CC2)cn1. The molecule has 3 aromatic rings. The predicted octanol–water partition coefficient (Wildman–Crippen LogP) is 4.03. The quantitative estimate of drug-likeness (QED) is 0.566. The van der Waals surface area contributed by atoms with Crippen LogP contribution in [0.1, 0.15) is 50.1 Å². The van der Waals surface area contributed by atoms with E-state index in [9.17, 15) is 4.79 Å². The van der Waals surface area contributed by atoms with Crippen molar-refractivity contribution in [3.05, 3.63) is 42.4 Å². The molecule has 0 bridgehead atoms. The van der Waals surface area contributed by atoms with E-state index < -0.39 is 6.09 Å². The molecule has 2 heterocycles. The molecule has 1 saturated carbocycles. The molecule has 0 aliphatic heterocycles. The number of carbonyl (C=O) groups excluding carboxylic acids is 1. The molecule has 7 heteroatoms. The molecule has 1 aromatic carbocycles. The minimum absolute atomic E-state index is 0.395. The van der Waals surface area contributed by atoms with Crippen molar-refractivity contribution in [1.82, 2.24) is 19.7 Å². The van der Waals surface area contributed by atoms with Crippen LogP contribution in [0.15, 0.2) is 36.7 Å². The molecule has 0 radical (unpaired) electrons. The molecule has 28 heavy (non-hydrogen) atoms. The summed E-state index contributed by atoms with van der Waals surface area (Å²) in [5.74, 6) is 0.526. The second-order valence-electron chi connectivity index (χ2n) is 7.29. The average molecular weight is 379 g/mol. The van der Waals surface area contributed by atoms with Gasteiger partial charge in [-0.15, -0.1) is 0 Å². The van der Waals surface area contributed by atoms with Gasteiger partial charge in [0.05, 0.1) is 35.2 Å². The zero-order chi connectivity index (χ0) is 19.3. The number of primary amides is 1. The smallest absolute Gasteiger partial charge is 0.404 e. The Hall–Kier alpha value is -2.96. The Morgan fingerprint density at radius 2 is 1.86 bits per heavy atom. The molecule has 1 aliphatic carbocycles. The lowest BCUT2D eigenvalue weighted by Crippen LogP contribution is -2.13. The first-order chi connectivity index (χ1) is 13.7. The van der Waals surface area contributed by atoms with Gasteiger partial charge in [0.25, 0.3) is 0 Å². The van der Waals surface area contributed by atoms with Crippen molar-refractivity contribution < 1.29 is 9.53 Å². The van der Waals surface area contributed by atoms with E-state index >= 15 is 0 Å². The number of amides is 1. The molecule has 1 fully saturated rings. The van der Waals surface area contributed by atoms with E-state index in [-0.39, 0.29) is 0 Å². The third kappa shape index (κ3) is 4.47. The lowest BCUT2D eigenvalue weighted by atomic mass is 10.1. The molecule has 2 N–H and O–H groups in total. The van der Waals surface area contributed by atoms with Gasteiger partial charge < -0.3 is 10.5 Å². The topological polar surface area (TPSA) is 95.9 Å². The number of nitrogens with zero attached hydrogens (tertiary/aromatic N) is 4. The van der Waals surface area contributed by atoms with Crippen molar-refractivity contribution >= 4 is 17.1 Å². The number of para-hydroxylation sites is 2. The summed E-state index contributed by atoms with van der Waals surface area (Å²) in [6, 6.07) is 8.03. The lowest BCUT2D eigenvalue weighted by Gasteiger charge is -2.07. The van der Waals surface area contributed by atoms with Gasteiger partial charge in [-0.2, -0.15) is 5.10 Å². The molecule has 1 amide bonds. The van der Waals surface area contributed by atoms with Gasteiger partial charge in [-0.3, -0.25) is 4.68 Å². The van der Waals surface area contributed by atoms with Crippen LogP contribution < -0.4 is 5.73 Å². The summed E-state index contributed by atoms with van der Waals surface area (Å²) in [5, 5.41) is 4.51. The summed E-state index contributed by atoms with van der Waals surface area (Å²) in [7, 11) is 0. The van der Waals surface area contributed by atoms with Gasteiger partial charge in [-0.25, -0.2) is 14.8 Å². The maximum atomic E-state index is 10.5. The van der Waals surface area contributed by atoms with Crippen LogP contribution in [0.5, 0.6) is 0 Å². The molecular weight excluding hydrogens is 354 g/mol. The number of aryl methyl sites for hydroxylation is 1. The molecule has 2 aromatic heterocycles. The molecule has 0 saturated heterocycles. The van der Waals surface area contributed by atoms with Crippen LogP contribution in [0.25, 0.3) is 22.3 Å². The van der Waals surface area contributed by atoms with Crippen LogP contribution in [0.4, 0.5) is 4.79 Å². The Labute approximate surface area is 163 Å². The molecular formula is C21H25N5O2. The third-order valence-corrected chi connectivity index (χ3v) is 4.99. The van der Waals surface area contributed by atoms with E-state index in [0.717, 1.165) is 60.2 Å². The van der Waals surface area contributed by atoms with E-state index in [1.165, 1.54) is 12.8 Å². The Morgan fingerprint density at radius 1 is 1.11 bits per heavy atom. The normalized spacial score (nSPS) is 13.7. The molecule has 1 aliphatic rings. The van der Waals surface area contributed by atoms with Gasteiger partial charge in [-0.1, -0.05) is 18.6 Å². The highest BCUT2D eigenvalue weighted by Gasteiger charge is 2.29. The molecule has 4 rings (SSSR count). The summed E-state index contributed by atoms with van der Waals surface area (Å²) in [6.45, 7) is 1.25. The summed E-state index contributed by atoms with van der Waals surface area (Å²) < 4.78 is 6.71. The molecule has 0 atom stereocenters. The fourth-order valence-electron chi connectivity index (χ4n) is 3.38. The predicted molar refractivity (Wildman–Crippen MR) is 107 cm³/mol. The maximum absolute atomic E-state index is 10.5. The first-order valence-corrected chi connectivity index (χ1v) is 9.92. The van der Waals surface area contributed by atoms with Crippen LogP contribution >= 0.6 is 0 Å². The van der Waals surface area contributed by atoms with E-state index in [2.05, 4.69) is 11.3 Å². The maximum Gasteiger partial charge on any atom is 0.404 e. The van der Waals surface area contributed by atoms with Gasteiger partial charge in [0.15, 0.2) is 0 Å². The summed E-state index contributed by atoms with van der Waals surface area (Å²) >= 11 is 0. The number of ether oxygens (including phenoxy) is 1. The van der Waals surface area contributed by atoms with Crippen LogP contribution in [-0.4, -0.2) is 32.4 Å². The van der Waals surface area contributed by atoms with E-state index in [1.54, 1.807) is 0 Å². The van der Waals surface area contributed by atoms with Gasteiger partial charge in [0, 0.05) is 24.2 Å². The number of hydrogen-bond donors (Lipinski definition) is 1. The van der Waals surface area contributed by atoms with E-state index in [1.807, 2.05) is 35.1 Å². The molecule has 7 nitrogen and oxygen atoms in total. The minimum atomic E-state index is -0.702. The van der Waals surface area contributed by atoms with E-state index in [0.29, 0.717) is 12.5 Å². The number of carbonyl (C=O) groups is 1. The number of benzene rings is 1. The third-order valence-electron chi connectivity index (χ3n) is 4.99. The van der Waals surface area contributed by atoms with Crippen molar-refractivity contribution in [2.45, 2.75) is 51.0 Å². The van der Waals surface area contributed by atoms with Crippen LogP contribution in [0.3, 0.4) is 0 Å². The largest absolute Gasteiger partial charge is 0.450 e. The zero-order valence-corrected chi connectivity index (χ0v) is 15.9. The monoisotopic (exact) mass is 379 g/mol. The number of hydrogen-bond acceptors (Lipinski definition) is 5. The highest BCUT2D eigenvalue weighted by molar-refractivity contribution is 5.78. The fourth-order valence-corrected chi connectivity index (χ4v) is 3.38. The Kier molecular flexibility index (Phi) is 5.50. The van der Waals surface area contributed by atoms with Gasteiger partial charge >= 0.3 is 6.09 Å². The minimum Gasteiger partial charge on any atom is -0.450 e. The molecule has 146 valence electrons. The molecule has 0 unspecified atom stereocenters. The van der Waals surface area contributed by atoms with Crippen molar-refractivity contribution in [1.29, 1.82) is 0 Å². The Morgan fingerprint density at radius 3 is 2.61 bits per heavy atom. The lowest BCUT2D eigenvalue weighted by molar-refractivity contribution is 0.154. The summed E-state index contributed by atoms with van der Waals surface area (Å²) in [5.41, 5.74) is 9.93. The van der Waals surface area contributed by atoms with Gasteiger partial charge in [0.2, 0.25) is 0 Å². The van der Waals surface area contributed by atoms with Crippen LogP contribution in [-0.2, 0) is 11.3 Å². The number of aromatic nitrogens is 4. The fraction of sp³-hybridized carbons (Fsp3) is 0.429. The number of rotatable bonds is 9. The Bertz CT molecular complexity index is 964. The molecule has 0 spiro atoms. The standard InChI is InChI=1S/C21H25N5O2/c22-21(27)28-12-6-2-1-5-11-26-14-16(13-23-26)20-19(15-9-10-15)24-17-7-3-4-8-18(17)25-20/h3-4,7-8,13-15H,1-2,5-6,9-12H2,(H2,22,27). The highest BCUT2D eigenvalue weighted by atomic mass is 16.5. The van der Waals surface area contributed by atoms with E-state index in [4.69, 9.17) is 20.4 Å². The Balaban J connectivity index is 1.39. The number of fused-ring (bicyclic) bond motifs is 1. The number of unbranched alkanes of at least 4 members (excludes halogenated alkanes) is 3. The summed E-state index contributed by atoms with van der Waals surface area (Å²) in [4.78, 5) is 20.3. The van der Waals surface area contributed by atoms with Crippen LogP contribution in [0.2, 0.25) is 0 Å². The van der Waals surface area contributed by atoms with Crippen molar-refractivity contribution in [2.75, 3.05) is 6.61 Å². The second kappa shape index (κ2) is 8.37. The first-order valence-electron chi connectivity index (χ1n) is 9.92. The van der Waals surface area contributed by atoms with Crippen molar-refractivity contribution in [3.8, 4) is 11.3 Å². The highest BCUT2D eigenvalue weighted by Crippen LogP contribution is 2.43. The average Bonchev–Trinajstić information content (AvgIpc) is 3.44. The zero-order valence-electron chi connectivity index (χ0n) is 15.9. The number of nitrogens with two attached hydrogens (primary N) is 1.